The largest absolute Gasteiger partial charge is 0.481 e. The van der Waals surface area contributed by atoms with Gasteiger partial charge in [0.1, 0.15) is 17.4 Å². The van der Waals surface area contributed by atoms with Crippen molar-refractivity contribution in [2.45, 2.75) is 69.3 Å². The van der Waals surface area contributed by atoms with Gasteiger partial charge in [-0.15, -0.1) is 0 Å². The summed E-state index contributed by atoms with van der Waals surface area (Å²) in [6, 6.07) is 3.99. The fourth-order valence-electron chi connectivity index (χ4n) is 6.46. The molecule has 182 valence electrons. The summed E-state index contributed by atoms with van der Waals surface area (Å²) in [4.78, 5) is 38.1. The van der Waals surface area contributed by atoms with Gasteiger partial charge in [0.25, 0.3) is 0 Å². The first-order chi connectivity index (χ1) is 16.0. The molecule has 1 spiro atoms. The van der Waals surface area contributed by atoms with Crippen LogP contribution in [0.2, 0.25) is 0 Å². The van der Waals surface area contributed by atoms with E-state index >= 15 is 0 Å². The lowest BCUT2D eigenvalue weighted by Crippen LogP contribution is -2.74. The van der Waals surface area contributed by atoms with Gasteiger partial charge in [0, 0.05) is 24.9 Å². The summed E-state index contributed by atoms with van der Waals surface area (Å²) < 4.78 is 17.0. The van der Waals surface area contributed by atoms with Crippen molar-refractivity contribution in [2.75, 3.05) is 13.6 Å². The third-order valence-electron chi connectivity index (χ3n) is 8.15. The van der Waals surface area contributed by atoms with E-state index in [0.29, 0.717) is 12.8 Å². The minimum Gasteiger partial charge on any atom is -0.481 e. The molecule has 0 unspecified atom stereocenters. The molecular formula is C25H29NO8. The van der Waals surface area contributed by atoms with Crippen molar-refractivity contribution >= 4 is 17.9 Å². The Morgan fingerprint density at radius 3 is 2.71 bits per heavy atom. The third-order valence-corrected chi connectivity index (χ3v) is 8.15. The molecular weight excluding hydrogens is 442 g/mol. The van der Waals surface area contributed by atoms with Crippen LogP contribution in [0.1, 0.15) is 43.4 Å². The first-order valence-corrected chi connectivity index (χ1v) is 11.5. The standard InChI is InChI=1S/C25H29NO8/c1-12-5-6-15-11-17-25(31)8-7-16(33-23(30)13(2)20(22(28)29)32-14(3)27)21-24(25,9-10-26(17)4)18(15)19(12)34-21/h5-7,13,17,20-21,31H,8-11H2,1-4H3,(H,28,29)/t13-,17-,20-,21+,24+,25-/m1/s1. The Kier molecular flexibility index (Phi) is 5.07. The number of carboxylic acids is 1. The summed E-state index contributed by atoms with van der Waals surface area (Å²) in [6.07, 6.45) is 0.912. The van der Waals surface area contributed by atoms with Gasteiger partial charge in [-0.2, -0.15) is 0 Å². The van der Waals surface area contributed by atoms with E-state index in [4.69, 9.17) is 14.2 Å². The van der Waals surface area contributed by atoms with E-state index in [9.17, 15) is 24.6 Å². The van der Waals surface area contributed by atoms with Gasteiger partial charge in [-0.3, -0.25) is 9.59 Å². The molecule has 0 aromatic heterocycles. The average Bonchev–Trinajstić information content (AvgIpc) is 3.13. The number of likely N-dealkylation sites (tertiary alicyclic amines) is 1. The van der Waals surface area contributed by atoms with Crippen LogP contribution < -0.4 is 4.74 Å². The number of aliphatic carboxylic acids is 1. The summed E-state index contributed by atoms with van der Waals surface area (Å²) in [7, 11) is 2.02. The normalized spacial score (nSPS) is 32.6. The Labute approximate surface area is 197 Å². The quantitative estimate of drug-likeness (QED) is 0.615. The predicted molar refractivity (Wildman–Crippen MR) is 118 cm³/mol. The van der Waals surface area contributed by atoms with Crippen LogP contribution in [0.25, 0.3) is 0 Å². The highest BCUT2D eigenvalue weighted by Gasteiger charge is 2.71. The number of likely N-dealkylation sites (N-methyl/N-ethyl adjacent to an activating group) is 1. The van der Waals surface area contributed by atoms with E-state index < -0.39 is 47.0 Å². The molecule has 2 aliphatic carbocycles. The maximum Gasteiger partial charge on any atom is 0.345 e. The van der Waals surface area contributed by atoms with Gasteiger partial charge in [0.2, 0.25) is 6.10 Å². The molecule has 9 heteroatoms. The smallest absolute Gasteiger partial charge is 0.345 e. The van der Waals surface area contributed by atoms with E-state index in [-0.39, 0.29) is 18.2 Å². The lowest BCUT2D eigenvalue weighted by Gasteiger charge is -2.61. The van der Waals surface area contributed by atoms with Crippen LogP contribution in [0, 0.1) is 12.8 Å². The molecule has 1 fully saturated rings. The van der Waals surface area contributed by atoms with Gasteiger partial charge in [-0.25, -0.2) is 4.79 Å². The molecule has 0 radical (unpaired) electrons. The van der Waals surface area contributed by atoms with E-state index in [2.05, 4.69) is 11.0 Å². The van der Waals surface area contributed by atoms with E-state index in [0.717, 1.165) is 35.9 Å². The molecule has 5 rings (SSSR count). The number of aliphatic hydroxyl groups is 1. The zero-order valence-electron chi connectivity index (χ0n) is 19.7. The van der Waals surface area contributed by atoms with Crippen molar-refractivity contribution in [2.24, 2.45) is 5.92 Å². The van der Waals surface area contributed by atoms with Crippen molar-refractivity contribution in [3.63, 3.8) is 0 Å². The molecule has 1 aromatic carbocycles. The molecule has 2 N–H and O–H groups in total. The van der Waals surface area contributed by atoms with Crippen LogP contribution >= 0.6 is 0 Å². The number of ether oxygens (including phenoxy) is 3. The topological polar surface area (TPSA) is 123 Å². The van der Waals surface area contributed by atoms with Crippen molar-refractivity contribution in [3.05, 3.63) is 40.7 Å². The van der Waals surface area contributed by atoms with Crippen molar-refractivity contribution in [3.8, 4) is 5.75 Å². The van der Waals surface area contributed by atoms with Gasteiger partial charge < -0.3 is 29.3 Å². The predicted octanol–water partition coefficient (Wildman–Crippen LogP) is 1.47. The van der Waals surface area contributed by atoms with Gasteiger partial charge in [-0.05, 0) is 57.5 Å². The van der Waals surface area contributed by atoms with Gasteiger partial charge in [-0.1, -0.05) is 12.1 Å². The molecule has 4 aliphatic rings. The highest BCUT2D eigenvalue weighted by atomic mass is 16.6. The Hall–Kier alpha value is -2.91. The molecule has 1 saturated heterocycles. The monoisotopic (exact) mass is 471 g/mol. The molecule has 2 aliphatic heterocycles. The van der Waals surface area contributed by atoms with E-state index in [1.54, 1.807) is 6.08 Å². The molecule has 2 bridgehead atoms. The molecule has 0 saturated carbocycles. The van der Waals surface area contributed by atoms with Crippen LogP contribution in [0.3, 0.4) is 0 Å². The van der Waals surface area contributed by atoms with Gasteiger partial charge in [0.15, 0.2) is 6.10 Å². The summed E-state index contributed by atoms with van der Waals surface area (Å²) >= 11 is 0. The Balaban J connectivity index is 1.53. The van der Waals surface area contributed by atoms with Crippen molar-refractivity contribution in [1.29, 1.82) is 0 Å². The maximum absolute atomic E-state index is 13.0. The zero-order chi connectivity index (χ0) is 24.6. The number of nitrogens with zero attached hydrogens (tertiary/aromatic N) is 1. The number of piperidine rings is 1. The number of rotatable bonds is 5. The Morgan fingerprint density at radius 2 is 2.03 bits per heavy atom. The molecule has 9 nitrogen and oxygen atoms in total. The van der Waals surface area contributed by atoms with Crippen LogP contribution in [0.4, 0.5) is 0 Å². The van der Waals surface area contributed by atoms with Crippen molar-refractivity contribution < 1.29 is 38.8 Å². The molecule has 34 heavy (non-hydrogen) atoms. The summed E-state index contributed by atoms with van der Waals surface area (Å²) in [6.45, 7) is 5.14. The second kappa shape index (κ2) is 7.55. The highest BCUT2D eigenvalue weighted by Crippen LogP contribution is 2.64. The van der Waals surface area contributed by atoms with Gasteiger partial charge >= 0.3 is 17.9 Å². The van der Waals surface area contributed by atoms with Crippen molar-refractivity contribution in [1.82, 2.24) is 4.90 Å². The number of aryl methyl sites for hydroxylation is 1. The van der Waals surface area contributed by atoms with Crippen LogP contribution in [0.15, 0.2) is 24.0 Å². The highest BCUT2D eigenvalue weighted by molar-refractivity contribution is 5.85. The second-order valence-electron chi connectivity index (χ2n) is 9.98. The molecule has 0 amide bonds. The third kappa shape index (κ3) is 2.89. The van der Waals surface area contributed by atoms with Crippen LogP contribution in [-0.2, 0) is 35.7 Å². The Bertz CT molecular complexity index is 1130. The zero-order valence-corrected chi connectivity index (χ0v) is 19.7. The number of carbonyl (C=O) groups excluding carboxylic acids is 2. The Morgan fingerprint density at radius 1 is 1.29 bits per heavy atom. The fourth-order valence-corrected chi connectivity index (χ4v) is 6.46. The van der Waals surface area contributed by atoms with E-state index in [1.165, 1.54) is 6.92 Å². The SMILES string of the molecule is CC(=O)O[C@@H](C(=O)O)[C@@H](C)C(=O)OC1=CC[C@@]2(O)[C@H]3Cc4ccc(C)c5c4[C@@]2(CCN3C)[C@H]1O5. The number of benzene rings is 1. The second-order valence-corrected chi connectivity index (χ2v) is 9.98. The van der Waals surface area contributed by atoms with Crippen LogP contribution in [-0.4, -0.2) is 70.5 Å². The number of carboxylic acid groups (broad SMARTS) is 1. The number of hydrogen-bond acceptors (Lipinski definition) is 8. The summed E-state index contributed by atoms with van der Waals surface area (Å²) in [5, 5.41) is 21.6. The van der Waals surface area contributed by atoms with Gasteiger partial charge in [0.05, 0.1) is 11.0 Å². The summed E-state index contributed by atoms with van der Waals surface area (Å²) in [5.74, 6) is -3.31. The number of carbonyl (C=O) groups is 3. The fraction of sp³-hybridized carbons (Fsp3) is 0.560. The maximum atomic E-state index is 13.0. The minimum absolute atomic E-state index is 0.110. The average molecular weight is 472 g/mol. The molecule has 6 atom stereocenters. The first kappa shape index (κ1) is 22.9. The lowest BCUT2D eigenvalue weighted by atomic mass is 9.50. The van der Waals surface area contributed by atoms with E-state index in [1.807, 2.05) is 20.0 Å². The molecule has 1 aromatic rings. The van der Waals surface area contributed by atoms with Crippen LogP contribution in [0.5, 0.6) is 5.75 Å². The minimum atomic E-state index is -1.66. The number of esters is 2. The molecule has 2 heterocycles. The lowest BCUT2D eigenvalue weighted by molar-refractivity contribution is -0.177. The first-order valence-electron chi connectivity index (χ1n) is 11.5. The summed E-state index contributed by atoms with van der Waals surface area (Å²) in [5.41, 5.74) is 1.21. The number of hydrogen-bond donors (Lipinski definition) is 2.